The summed E-state index contributed by atoms with van der Waals surface area (Å²) in [6.07, 6.45) is 70.3. The second kappa shape index (κ2) is 47.7. The highest BCUT2D eigenvalue weighted by Gasteiger charge is 2.25. The number of rotatable bonds is 43. The summed E-state index contributed by atoms with van der Waals surface area (Å²) in [5, 5.41) is 11.7. The van der Waals surface area contributed by atoms with E-state index in [0.29, 0.717) is 12.8 Å². The van der Waals surface area contributed by atoms with Crippen LogP contribution in [-0.2, 0) is 28.6 Å². The Morgan fingerprint density at radius 2 is 0.806 bits per heavy atom. The van der Waals surface area contributed by atoms with Crippen molar-refractivity contribution in [3.63, 3.8) is 0 Å². The van der Waals surface area contributed by atoms with Gasteiger partial charge >= 0.3 is 11.9 Å². The minimum Gasteiger partial charge on any atom is -0.544 e. The standard InChI is InChI=1S/C59H91NO7/c1-6-8-10-12-14-16-18-20-22-24-26-28-29-30-32-33-35-37-39-41-43-45-47-49-57(61)66-54-55(53-65-52-51-56(59(63)64)60(3,4)5)67-58(62)50-48-46-44-42-40-38-36-34-31-27-25-23-21-19-17-15-13-11-9-7-2/h8-11,14-17,20-23,26-28,30-32,35-38,41,43,55-56H,6-7,12-13,18-19,24-25,29,33-34,39-40,42,44-54H2,1-5H3/b10-8+,11-9+,16-14+,17-15+,22-20+,23-21+,28-26+,31-27+,32-30+,37-35+,38-36+,43-41+. The average Bonchev–Trinajstić information content (AvgIpc) is 3.29. The van der Waals surface area contributed by atoms with Crippen molar-refractivity contribution in [2.75, 3.05) is 41.0 Å². The van der Waals surface area contributed by atoms with Crippen LogP contribution in [0.4, 0.5) is 0 Å². The van der Waals surface area contributed by atoms with E-state index in [0.717, 1.165) is 109 Å². The zero-order valence-electron chi connectivity index (χ0n) is 42.5. The van der Waals surface area contributed by atoms with Crippen molar-refractivity contribution in [1.82, 2.24) is 0 Å². The number of esters is 2. The number of carbonyl (C=O) groups excluding carboxylic acids is 3. The van der Waals surface area contributed by atoms with E-state index in [9.17, 15) is 19.5 Å². The van der Waals surface area contributed by atoms with Gasteiger partial charge in [-0.1, -0.05) is 173 Å². The van der Waals surface area contributed by atoms with Gasteiger partial charge in [-0.2, -0.15) is 0 Å². The molecule has 0 rings (SSSR count). The summed E-state index contributed by atoms with van der Waals surface area (Å²) < 4.78 is 17.1. The molecule has 0 radical (unpaired) electrons. The second-order valence-corrected chi connectivity index (χ2v) is 17.3. The molecule has 67 heavy (non-hydrogen) atoms. The molecule has 0 aliphatic rings. The summed E-state index contributed by atoms with van der Waals surface area (Å²) >= 11 is 0. The molecule has 8 nitrogen and oxygen atoms in total. The summed E-state index contributed by atoms with van der Waals surface area (Å²) in [6, 6.07) is -0.750. The fourth-order valence-corrected chi connectivity index (χ4v) is 6.38. The first-order valence-electron chi connectivity index (χ1n) is 25.4. The van der Waals surface area contributed by atoms with Gasteiger partial charge < -0.3 is 28.6 Å². The van der Waals surface area contributed by atoms with Crippen LogP contribution in [0.2, 0.25) is 0 Å². The Balaban J connectivity index is 4.46. The number of nitrogens with zero attached hydrogens (tertiary/aromatic N) is 1. The fraction of sp³-hybridized carbons (Fsp3) is 0.542. The Bertz CT molecular complexity index is 1590. The Kier molecular flexibility index (Phi) is 44.3. The molecule has 0 bridgehead atoms. The number of hydrogen-bond acceptors (Lipinski definition) is 7. The van der Waals surface area contributed by atoms with Crippen LogP contribution in [0.3, 0.4) is 0 Å². The number of unbranched alkanes of at least 4 members (excludes halogenated alkanes) is 5. The maximum Gasteiger partial charge on any atom is 0.306 e. The number of allylic oxidation sites excluding steroid dienone is 24. The number of carboxylic acid groups (broad SMARTS) is 1. The SMILES string of the molecule is CC/C=C/C/C=C/C/C=C/C/C=C/C/C=C/C/C=C/C/C=C/CCCC(=O)OCC(COCCC(C(=O)[O-])[N+](C)(C)C)OC(=O)CCCCCC/C=C/C/C=C/C/C=C/C/C=C/C/C=C/CC. The number of ether oxygens (including phenoxy) is 3. The van der Waals surface area contributed by atoms with Crippen molar-refractivity contribution in [3.05, 3.63) is 146 Å². The van der Waals surface area contributed by atoms with Crippen molar-refractivity contribution in [3.8, 4) is 0 Å². The van der Waals surface area contributed by atoms with Gasteiger partial charge in [0.15, 0.2) is 6.10 Å². The fourth-order valence-electron chi connectivity index (χ4n) is 6.38. The summed E-state index contributed by atoms with van der Waals surface area (Å²) in [5.41, 5.74) is 0. The summed E-state index contributed by atoms with van der Waals surface area (Å²) in [6.45, 7) is 4.32. The number of aliphatic carboxylic acids is 1. The highest BCUT2D eigenvalue weighted by molar-refractivity contribution is 5.70. The van der Waals surface area contributed by atoms with E-state index in [1.54, 1.807) is 21.1 Å². The Labute approximate surface area is 408 Å². The molecule has 0 N–H and O–H groups in total. The van der Waals surface area contributed by atoms with Crippen LogP contribution in [0.5, 0.6) is 0 Å². The number of quaternary nitrogens is 1. The lowest BCUT2D eigenvalue weighted by Gasteiger charge is -2.34. The second-order valence-electron chi connectivity index (χ2n) is 17.3. The Hall–Kier alpha value is -4.79. The topological polar surface area (TPSA) is 102 Å². The zero-order valence-corrected chi connectivity index (χ0v) is 42.5. The van der Waals surface area contributed by atoms with Crippen LogP contribution in [0.1, 0.15) is 155 Å². The molecular weight excluding hydrogens is 835 g/mol. The molecule has 0 aliphatic carbocycles. The molecule has 0 aromatic carbocycles. The highest BCUT2D eigenvalue weighted by Crippen LogP contribution is 2.11. The third-order valence-electron chi connectivity index (χ3n) is 10.2. The van der Waals surface area contributed by atoms with Gasteiger partial charge in [-0.25, -0.2) is 0 Å². The molecule has 2 unspecified atom stereocenters. The predicted molar refractivity (Wildman–Crippen MR) is 281 cm³/mol. The van der Waals surface area contributed by atoms with Crippen molar-refractivity contribution < 1.29 is 38.2 Å². The minimum atomic E-state index is -1.14. The Morgan fingerprint density at radius 1 is 0.448 bits per heavy atom. The van der Waals surface area contributed by atoms with E-state index in [1.165, 1.54) is 0 Å². The van der Waals surface area contributed by atoms with Gasteiger partial charge in [0, 0.05) is 19.3 Å². The van der Waals surface area contributed by atoms with Gasteiger partial charge in [0.05, 0.1) is 40.3 Å². The molecule has 0 aromatic rings. The van der Waals surface area contributed by atoms with Crippen LogP contribution in [-0.4, -0.2) is 75.5 Å². The van der Waals surface area contributed by atoms with Gasteiger partial charge in [0.1, 0.15) is 12.6 Å². The average molecular weight is 926 g/mol. The molecule has 0 amide bonds. The van der Waals surface area contributed by atoms with E-state index in [4.69, 9.17) is 14.2 Å². The van der Waals surface area contributed by atoms with Crippen molar-refractivity contribution in [2.24, 2.45) is 0 Å². The lowest BCUT2D eigenvalue weighted by molar-refractivity contribution is -0.889. The van der Waals surface area contributed by atoms with Crippen molar-refractivity contribution in [1.29, 1.82) is 0 Å². The molecule has 0 fully saturated rings. The van der Waals surface area contributed by atoms with E-state index in [1.807, 2.05) is 0 Å². The van der Waals surface area contributed by atoms with Crippen LogP contribution < -0.4 is 5.11 Å². The van der Waals surface area contributed by atoms with Crippen LogP contribution in [0, 0.1) is 0 Å². The normalized spacial score (nSPS) is 14.1. The van der Waals surface area contributed by atoms with Crippen LogP contribution in [0.15, 0.2) is 146 Å². The number of carbonyl (C=O) groups is 3. The number of carboxylic acids is 1. The maximum atomic E-state index is 12.8. The van der Waals surface area contributed by atoms with Crippen molar-refractivity contribution in [2.45, 2.75) is 167 Å². The zero-order chi connectivity index (χ0) is 49.2. The number of likely N-dealkylation sites (N-methyl/N-ethyl adjacent to an activating group) is 1. The molecule has 0 saturated heterocycles. The molecule has 0 heterocycles. The van der Waals surface area contributed by atoms with E-state index >= 15 is 0 Å². The summed E-state index contributed by atoms with van der Waals surface area (Å²) in [7, 11) is 5.37. The molecule has 0 saturated carbocycles. The molecule has 0 spiro atoms. The quantitative estimate of drug-likeness (QED) is 0.0260. The Morgan fingerprint density at radius 3 is 1.19 bits per heavy atom. The number of hydrogen-bond donors (Lipinski definition) is 0. The highest BCUT2D eigenvalue weighted by atomic mass is 16.6. The molecule has 2 atom stereocenters. The third kappa shape index (κ3) is 46.1. The lowest BCUT2D eigenvalue weighted by Crippen LogP contribution is -2.55. The smallest absolute Gasteiger partial charge is 0.306 e. The monoisotopic (exact) mass is 926 g/mol. The molecule has 0 aliphatic heterocycles. The predicted octanol–water partition coefficient (Wildman–Crippen LogP) is 13.6. The maximum absolute atomic E-state index is 12.8. The van der Waals surface area contributed by atoms with Gasteiger partial charge in [0.2, 0.25) is 0 Å². The van der Waals surface area contributed by atoms with Crippen LogP contribution in [0.25, 0.3) is 0 Å². The summed E-state index contributed by atoms with van der Waals surface area (Å²) in [5.74, 6) is -1.87. The van der Waals surface area contributed by atoms with E-state index in [-0.39, 0.29) is 55.5 Å². The molecule has 374 valence electrons. The van der Waals surface area contributed by atoms with E-state index in [2.05, 4.69) is 160 Å². The molecular formula is C59H91NO7. The minimum absolute atomic E-state index is 0.000509. The van der Waals surface area contributed by atoms with Gasteiger partial charge in [-0.15, -0.1) is 0 Å². The largest absolute Gasteiger partial charge is 0.544 e. The summed E-state index contributed by atoms with van der Waals surface area (Å²) in [4.78, 5) is 37.0. The first-order valence-corrected chi connectivity index (χ1v) is 25.4. The van der Waals surface area contributed by atoms with Crippen LogP contribution >= 0.6 is 0 Å². The first kappa shape index (κ1) is 62.2. The lowest BCUT2D eigenvalue weighted by atomic mass is 10.1. The van der Waals surface area contributed by atoms with Gasteiger partial charge in [0.25, 0.3) is 0 Å². The first-order chi connectivity index (χ1) is 32.6. The molecule has 8 heteroatoms. The van der Waals surface area contributed by atoms with Crippen molar-refractivity contribution >= 4 is 17.9 Å². The van der Waals surface area contributed by atoms with E-state index < -0.39 is 18.1 Å². The molecule has 0 aromatic heterocycles. The van der Waals surface area contributed by atoms with Gasteiger partial charge in [-0.3, -0.25) is 9.59 Å². The third-order valence-corrected chi connectivity index (χ3v) is 10.2. The van der Waals surface area contributed by atoms with Gasteiger partial charge in [-0.05, 0) is 109 Å².